The molecule has 1 saturated heterocycles. The van der Waals surface area contributed by atoms with Crippen LogP contribution >= 0.6 is 0 Å². The van der Waals surface area contributed by atoms with E-state index in [0.29, 0.717) is 30.9 Å². The molecule has 0 unspecified atom stereocenters. The minimum absolute atomic E-state index is 0.219. The average molecular weight is 276 g/mol. The van der Waals surface area contributed by atoms with E-state index < -0.39 is 0 Å². The summed E-state index contributed by atoms with van der Waals surface area (Å²) in [5.41, 5.74) is 6.93. The molecule has 20 heavy (non-hydrogen) atoms. The first-order valence-corrected chi connectivity index (χ1v) is 6.83. The fourth-order valence-corrected chi connectivity index (χ4v) is 2.15. The SMILES string of the molecule is Nc1ccc(NC(=O)NCCCN2CCCC2=O)cc1. The number of rotatable bonds is 5. The number of carbonyl (C=O) groups excluding carboxylic acids is 2. The molecule has 0 aliphatic carbocycles. The third-order valence-electron chi connectivity index (χ3n) is 3.23. The van der Waals surface area contributed by atoms with Gasteiger partial charge in [-0.15, -0.1) is 0 Å². The maximum Gasteiger partial charge on any atom is 0.319 e. The van der Waals surface area contributed by atoms with Gasteiger partial charge in [0.15, 0.2) is 0 Å². The molecule has 1 aromatic rings. The molecule has 2 rings (SSSR count). The molecule has 0 aromatic heterocycles. The number of amides is 3. The fraction of sp³-hybridized carbons (Fsp3) is 0.429. The molecule has 0 radical (unpaired) electrons. The van der Waals surface area contributed by atoms with E-state index >= 15 is 0 Å². The Bertz CT molecular complexity index is 473. The quantitative estimate of drug-likeness (QED) is 0.561. The standard InChI is InChI=1S/C14H20N4O2/c15-11-4-6-12(7-5-11)17-14(20)16-8-2-10-18-9-1-3-13(18)19/h4-7H,1-3,8-10,15H2,(H2,16,17,20). The summed E-state index contributed by atoms with van der Waals surface area (Å²) in [5.74, 6) is 0.219. The first-order valence-electron chi connectivity index (χ1n) is 6.83. The molecule has 6 nitrogen and oxygen atoms in total. The highest BCUT2D eigenvalue weighted by molar-refractivity contribution is 5.89. The first kappa shape index (κ1) is 14.2. The van der Waals surface area contributed by atoms with Gasteiger partial charge in [-0.1, -0.05) is 0 Å². The van der Waals surface area contributed by atoms with E-state index in [-0.39, 0.29) is 11.9 Å². The van der Waals surface area contributed by atoms with E-state index in [1.165, 1.54) is 0 Å². The van der Waals surface area contributed by atoms with Gasteiger partial charge in [0.05, 0.1) is 0 Å². The van der Waals surface area contributed by atoms with Crippen LogP contribution in [-0.4, -0.2) is 36.5 Å². The molecule has 1 aliphatic heterocycles. The first-order chi connectivity index (χ1) is 9.65. The van der Waals surface area contributed by atoms with Gasteiger partial charge in [-0.25, -0.2) is 4.79 Å². The maximum absolute atomic E-state index is 11.6. The molecule has 0 atom stereocenters. The number of likely N-dealkylation sites (tertiary alicyclic amines) is 1. The Kier molecular flexibility index (Phi) is 4.81. The molecule has 1 fully saturated rings. The fourth-order valence-electron chi connectivity index (χ4n) is 2.15. The number of carbonyl (C=O) groups is 2. The van der Waals surface area contributed by atoms with Gasteiger partial charge in [-0.05, 0) is 37.1 Å². The van der Waals surface area contributed by atoms with Crippen LogP contribution in [0.1, 0.15) is 19.3 Å². The van der Waals surface area contributed by atoms with Gasteiger partial charge >= 0.3 is 6.03 Å². The second-order valence-corrected chi connectivity index (χ2v) is 4.84. The number of urea groups is 1. The van der Waals surface area contributed by atoms with E-state index in [4.69, 9.17) is 5.73 Å². The van der Waals surface area contributed by atoms with Crippen LogP contribution in [0, 0.1) is 0 Å². The molecular weight excluding hydrogens is 256 g/mol. The highest BCUT2D eigenvalue weighted by atomic mass is 16.2. The van der Waals surface area contributed by atoms with Crippen molar-refractivity contribution in [2.24, 2.45) is 0 Å². The third-order valence-corrected chi connectivity index (χ3v) is 3.23. The predicted molar refractivity (Wildman–Crippen MR) is 78.3 cm³/mol. The van der Waals surface area contributed by atoms with Crippen LogP contribution in [0.5, 0.6) is 0 Å². The van der Waals surface area contributed by atoms with Gasteiger partial charge in [-0.3, -0.25) is 4.79 Å². The van der Waals surface area contributed by atoms with Gasteiger partial charge in [0, 0.05) is 37.4 Å². The minimum atomic E-state index is -0.248. The van der Waals surface area contributed by atoms with Crippen molar-refractivity contribution in [3.63, 3.8) is 0 Å². The lowest BCUT2D eigenvalue weighted by atomic mass is 10.3. The number of nitrogens with one attached hydrogen (secondary N) is 2. The summed E-state index contributed by atoms with van der Waals surface area (Å²) in [7, 11) is 0. The normalized spacial score (nSPS) is 14.4. The van der Waals surface area contributed by atoms with E-state index in [2.05, 4.69) is 10.6 Å². The molecule has 1 aromatic carbocycles. The molecule has 0 spiro atoms. The van der Waals surface area contributed by atoms with Crippen LogP contribution in [0.4, 0.5) is 16.2 Å². The predicted octanol–water partition coefficient (Wildman–Crippen LogP) is 1.40. The second kappa shape index (κ2) is 6.79. The molecule has 0 saturated carbocycles. The van der Waals surface area contributed by atoms with Crippen molar-refractivity contribution in [2.45, 2.75) is 19.3 Å². The molecular formula is C14H20N4O2. The topological polar surface area (TPSA) is 87.5 Å². The Morgan fingerprint density at radius 1 is 1.30 bits per heavy atom. The molecule has 4 N–H and O–H groups in total. The molecule has 0 bridgehead atoms. The Labute approximate surface area is 118 Å². The zero-order chi connectivity index (χ0) is 14.4. The molecule has 1 aliphatic rings. The Morgan fingerprint density at radius 3 is 2.70 bits per heavy atom. The van der Waals surface area contributed by atoms with Crippen molar-refractivity contribution in [3.8, 4) is 0 Å². The summed E-state index contributed by atoms with van der Waals surface area (Å²) in [4.78, 5) is 24.9. The summed E-state index contributed by atoms with van der Waals surface area (Å²) < 4.78 is 0. The molecule has 108 valence electrons. The van der Waals surface area contributed by atoms with Crippen LogP contribution in [0.3, 0.4) is 0 Å². The van der Waals surface area contributed by atoms with Gasteiger partial charge in [0.25, 0.3) is 0 Å². The van der Waals surface area contributed by atoms with Gasteiger partial charge in [0.2, 0.25) is 5.91 Å². The zero-order valence-electron chi connectivity index (χ0n) is 11.4. The lowest BCUT2D eigenvalue weighted by Crippen LogP contribution is -2.32. The number of benzene rings is 1. The second-order valence-electron chi connectivity index (χ2n) is 4.84. The van der Waals surface area contributed by atoms with Crippen molar-refractivity contribution in [1.82, 2.24) is 10.2 Å². The Morgan fingerprint density at radius 2 is 2.05 bits per heavy atom. The summed E-state index contributed by atoms with van der Waals surface area (Å²) in [5, 5.41) is 5.49. The summed E-state index contributed by atoms with van der Waals surface area (Å²) in [6.07, 6.45) is 2.37. The Hall–Kier alpha value is -2.24. The number of nitrogens with two attached hydrogens (primary N) is 1. The van der Waals surface area contributed by atoms with Crippen LogP contribution < -0.4 is 16.4 Å². The molecule has 6 heteroatoms. The van der Waals surface area contributed by atoms with Crippen molar-refractivity contribution < 1.29 is 9.59 Å². The number of hydrogen-bond donors (Lipinski definition) is 3. The van der Waals surface area contributed by atoms with Crippen molar-refractivity contribution in [2.75, 3.05) is 30.7 Å². The van der Waals surface area contributed by atoms with Gasteiger partial charge in [0.1, 0.15) is 0 Å². The maximum atomic E-state index is 11.6. The molecule has 3 amide bonds. The van der Waals surface area contributed by atoms with Crippen molar-refractivity contribution in [1.29, 1.82) is 0 Å². The summed E-state index contributed by atoms with van der Waals surface area (Å²) in [6.45, 7) is 2.10. The number of nitrogens with zero attached hydrogens (tertiary/aromatic N) is 1. The monoisotopic (exact) mass is 276 g/mol. The van der Waals surface area contributed by atoms with E-state index in [1.54, 1.807) is 24.3 Å². The third kappa shape index (κ3) is 4.15. The highest BCUT2D eigenvalue weighted by Crippen LogP contribution is 2.10. The van der Waals surface area contributed by atoms with Gasteiger partial charge in [-0.2, -0.15) is 0 Å². The average Bonchev–Trinajstić information content (AvgIpc) is 2.83. The van der Waals surface area contributed by atoms with E-state index in [9.17, 15) is 9.59 Å². The highest BCUT2D eigenvalue weighted by Gasteiger charge is 2.18. The van der Waals surface area contributed by atoms with Gasteiger partial charge < -0.3 is 21.3 Å². The number of nitrogen functional groups attached to an aromatic ring is 1. The number of hydrogen-bond acceptors (Lipinski definition) is 3. The van der Waals surface area contributed by atoms with E-state index in [0.717, 1.165) is 19.4 Å². The zero-order valence-corrected chi connectivity index (χ0v) is 11.4. The molecule has 1 heterocycles. The number of anilines is 2. The van der Waals surface area contributed by atoms with Crippen LogP contribution in [-0.2, 0) is 4.79 Å². The minimum Gasteiger partial charge on any atom is -0.399 e. The van der Waals surface area contributed by atoms with Crippen LogP contribution in [0.15, 0.2) is 24.3 Å². The summed E-state index contributed by atoms with van der Waals surface area (Å²) >= 11 is 0. The lowest BCUT2D eigenvalue weighted by molar-refractivity contribution is -0.127. The Balaban J connectivity index is 1.62. The smallest absolute Gasteiger partial charge is 0.319 e. The lowest BCUT2D eigenvalue weighted by Gasteiger charge is -2.15. The van der Waals surface area contributed by atoms with E-state index in [1.807, 2.05) is 4.90 Å². The van der Waals surface area contributed by atoms with Crippen LogP contribution in [0.2, 0.25) is 0 Å². The van der Waals surface area contributed by atoms with Crippen molar-refractivity contribution in [3.05, 3.63) is 24.3 Å². The largest absolute Gasteiger partial charge is 0.399 e. The van der Waals surface area contributed by atoms with Crippen LogP contribution in [0.25, 0.3) is 0 Å². The van der Waals surface area contributed by atoms with Crippen molar-refractivity contribution >= 4 is 23.3 Å². The summed E-state index contributed by atoms with van der Waals surface area (Å²) in [6, 6.07) is 6.71.